The number of nitrogens with zero attached hydrogens (tertiary/aromatic N) is 1. The molecule has 0 spiro atoms. The van der Waals surface area contributed by atoms with Crippen LogP contribution in [0.3, 0.4) is 0 Å². The lowest BCUT2D eigenvalue weighted by Gasteiger charge is -2.30. The molecule has 0 bridgehead atoms. The minimum atomic E-state index is 0.358. The molecule has 4 nitrogen and oxygen atoms in total. The first-order chi connectivity index (χ1) is 11.1. The molecule has 1 aliphatic heterocycles. The van der Waals surface area contributed by atoms with Gasteiger partial charge in [0.1, 0.15) is 12.4 Å². The Labute approximate surface area is 145 Å². The molecule has 0 amide bonds. The number of rotatable bonds is 4. The number of benzene rings is 2. The molecular weight excluding hydrogens is 335 g/mol. The zero-order valence-corrected chi connectivity index (χ0v) is 14.1. The largest absolute Gasteiger partial charge is 0.487 e. The lowest BCUT2D eigenvalue weighted by molar-refractivity contribution is 0.122. The molecule has 0 saturated carbocycles. The second-order valence-corrected chi connectivity index (χ2v) is 6.19. The Kier molecular flexibility index (Phi) is 5.16. The summed E-state index contributed by atoms with van der Waals surface area (Å²) >= 11 is 12.1. The maximum Gasteiger partial charge on any atom is 0.145 e. The van der Waals surface area contributed by atoms with Crippen LogP contribution in [0.5, 0.6) is 5.75 Å². The van der Waals surface area contributed by atoms with Gasteiger partial charge in [-0.05, 0) is 24.3 Å². The van der Waals surface area contributed by atoms with Crippen molar-refractivity contribution < 1.29 is 9.47 Å². The molecule has 1 aliphatic rings. The van der Waals surface area contributed by atoms with Gasteiger partial charge >= 0.3 is 0 Å². The molecule has 2 aromatic rings. The average molecular weight is 353 g/mol. The molecule has 0 atom stereocenters. The summed E-state index contributed by atoms with van der Waals surface area (Å²) in [4.78, 5) is 2.24. The minimum Gasteiger partial charge on any atom is -0.487 e. The van der Waals surface area contributed by atoms with Gasteiger partial charge in [0.05, 0.1) is 18.9 Å². The number of ether oxygens (including phenoxy) is 2. The van der Waals surface area contributed by atoms with Crippen molar-refractivity contribution in [2.24, 2.45) is 0 Å². The summed E-state index contributed by atoms with van der Waals surface area (Å²) in [7, 11) is 0. The van der Waals surface area contributed by atoms with Crippen LogP contribution >= 0.6 is 23.2 Å². The maximum atomic E-state index is 6.20. The second kappa shape index (κ2) is 7.30. The third-order valence-corrected chi connectivity index (χ3v) is 4.32. The van der Waals surface area contributed by atoms with Crippen molar-refractivity contribution in [2.45, 2.75) is 6.61 Å². The second-order valence-electron chi connectivity index (χ2n) is 5.35. The van der Waals surface area contributed by atoms with E-state index >= 15 is 0 Å². The Hall–Kier alpha value is -1.62. The first-order valence-electron chi connectivity index (χ1n) is 7.42. The first kappa shape index (κ1) is 16.2. The van der Waals surface area contributed by atoms with Crippen molar-refractivity contribution in [3.8, 4) is 5.75 Å². The van der Waals surface area contributed by atoms with E-state index in [4.69, 9.17) is 38.4 Å². The number of morpholine rings is 1. The van der Waals surface area contributed by atoms with E-state index in [-0.39, 0.29) is 0 Å². The molecule has 2 aromatic carbocycles. The van der Waals surface area contributed by atoms with Crippen molar-refractivity contribution in [1.82, 2.24) is 0 Å². The fraction of sp³-hybridized carbons (Fsp3) is 0.294. The zero-order chi connectivity index (χ0) is 16.2. The van der Waals surface area contributed by atoms with Crippen LogP contribution in [0.25, 0.3) is 0 Å². The molecule has 122 valence electrons. The van der Waals surface area contributed by atoms with Crippen molar-refractivity contribution in [3.63, 3.8) is 0 Å². The van der Waals surface area contributed by atoms with Crippen LogP contribution in [-0.4, -0.2) is 26.3 Å². The number of hydrogen-bond acceptors (Lipinski definition) is 4. The molecule has 2 N–H and O–H groups in total. The maximum absolute atomic E-state index is 6.20. The van der Waals surface area contributed by atoms with Gasteiger partial charge < -0.3 is 20.1 Å². The van der Waals surface area contributed by atoms with Crippen molar-refractivity contribution in [1.29, 1.82) is 0 Å². The van der Waals surface area contributed by atoms with Crippen LogP contribution in [0, 0.1) is 0 Å². The lowest BCUT2D eigenvalue weighted by atomic mass is 10.2. The van der Waals surface area contributed by atoms with Gasteiger partial charge in [-0.2, -0.15) is 0 Å². The van der Waals surface area contributed by atoms with Gasteiger partial charge in [0.2, 0.25) is 0 Å². The van der Waals surface area contributed by atoms with Crippen LogP contribution in [0.1, 0.15) is 5.56 Å². The summed E-state index contributed by atoms with van der Waals surface area (Å²) in [5.41, 5.74) is 8.48. The highest BCUT2D eigenvalue weighted by Crippen LogP contribution is 2.32. The highest BCUT2D eigenvalue weighted by molar-refractivity contribution is 6.35. The van der Waals surface area contributed by atoms with Gasteiger partial charge in [-0.15, -0.1) is 0 Å². The molecule has 0 radical (unpaired) electrons. The van der Waals surface area contributed by atoms with E-state index in [2.05, 4.69) is 4.90 Å². The van der Waals surface area contributed by atoms with E-state index in [0.29, 0.717) is 35.6 Å². The number of halogens is 2. The SMILES string of the molecule is Nc1ccc(N2CCOCC2)c(OCc2ccc(Cl)cc2Cl)c1. The van der Waals surface area contributed by atoms with Crippen LogP contribution in [0.2, 0.25) is 10.0 Å². The fourth-order valence-corrected chi connectivity index (χ4v) is 2.97. The van der Waals surface area contributed by atoms with Crippen molar-refractivity contribution in [2.75, 3.05) is 36.9 Å². The van der Waals surface area contributed by atoms with Gasteiger partial charge in [-0.1, -0.05) is 29.3 Å². The minimum absolute atomic E-state index is 0.358. The van der Waals surface area contributed by atoms with Gasteiger partial charge in [0.15, 0.2) is 0 Å². The highest BCUT2D eigenvalue weighted by Gasteiger charge is 2.16. The molecule has 1 fully saturated rings. The number of nitrogens with two attached hydrogens (primary N) is 1. The van der Waals surface area contributed by atoms with Crippen molar-refractivity contribution >= 4 is 34.6 Å². The normalized spacial score (nSPS) is 14.8. The lowest BCUT2D eigenvalue weighted by Crippen LogP contribution is -2.36. The first-order valence-corrected chi connectivity index (χ1v) is 8.18. The van der Waals surface area contributed by atoms with Crippen LogP contribution in [-0.2, 0) is 11.3 Å². The highest BCUT2D eigenvalue weighted by atomic mass is 35.5. The van der Waals surface area contributed by atoms with Crippen LogP contribution in [0.15, 0.2) is 36.4 Å². The Balaban J connectivity index is 1.79. The molecule has 1 saturated heterocycles. The molecular formula is C17H18Cl2N2O2. The summed E-state index contributed by atoms with van der Waals surface area (Å²) in [5.74, 6) is 0.748. The third kappa shape index (κ3) is 4.02. The number of anilines is 2. The number of hydrogen-bond donors (Lipinski definition) is 1. The summed E-state index contributed by atoms with van der Waals surface area (Å²) in [5, 5.41) is 1.20. The predicted octanol–water partition coefficient (Wildman–Crippen LogP) is 3.99. The van der Waals surface area contributed by atoms with E-state index in [1.54, 1.807) is 12.1 Å². The van der Waals surface area contributed by atoms with E-state index in [1.165, 1.54) is 0 Å². The zero-order valence-electron chi connectivity index (χ0n) is 12.6. The Morgan fingerprint density at radius 1 is 1.09 bits per heavy atom. The fourth-order valence-electron chi connectivity index (χ4n) is 2.51. The molecule has 1 heterocycles. The summed E-state index contributed by atoms with van der Waals surface area (Å²) < 4.78 is 11.4. The Morgan fingerprint density at radius 2 is 1.87 bits per heavy atom. The Morgan fingerprint density at radius 3 is 2.61 bits per heavy atom. The monoisotopic (exact) mass is 352 g/mol. The summed E-state index contributed by atoms with van der Waals surface area (Å²) in [6.07, 6.45) is 0. The van der Waals surface area contributed by atoms with E-state index in [9.17, 15) is 0 Å². The Bertz CT molecular complexity index is 688. The quantitative estimate of drug-likeness (QED) is 0.845. The summed E-state index contributed by atoms with van der Waals surface area (Å²) in [6, 6.07) is 11.1. The summed E-state index contributed by atoms with van der Waals surface area (Å²) in [6.45, 7) is 3.46. The van der Waals surface area contributed by atoms with Crippen LogP contribution < -0.4 is 15.4 Å². The van der Waals surface area contributed by atoms with Gasteiger partial charge in [0, 0.05) is 40.5 Å². The van der Waals surface area contributed by atoms with Crippen LogP contribution in [0.4, 0.5) is 11.4 Å². The molecule has 0 aliphatic carbocycles. The van der Waals surface area contributed by atoms with Gasteiger partial charge in [-0.25, -0.2) is 0 Å². The molecule has 0 aromatic heterocycles. The van der Waals surface area contributed by atoms with Gasteiger partial charge in [-0.3, -0.25) is 0 Å². The van der Waals surface area contributed by atoms with E-state index < -0.39 is 0 Å². The van der Waals surface area contributed by atoms with E-state index in [0.717, 1.165) is 30.1 Å². The molecule has 0 unspecified atom stereocenters. The molecule has 3 rings (SSSR count). The molecule has 6 heteroatoms. The van der Waals surface area contributed by atoms with E-state index in [1.807, 2.05) is 24.3 Å². The number of nitrogen functional groups attached to an aromatic ring is 1. The predicted molar refractivity (Wildman–Crippen MR) is 94.7 cm³/mol. The standard InChI is InChI=1S/C17H18Cl2N2O2/c18-13-2-1-12(15(19)9-13)11-23-17-10-14(20)3-4-16(17)21-5-7-22-8-6-21/h1-4,9-10H,5-8,11,20H2. The van der Waals surface area contributed by atoms with Crippen molar-refractivity contribution in [3.05, 3.63) is 52.0 Å². The van der Waals surface area contributed by atoms with Gasteiger partial charge in [0.25, 0.3) is 0 Å². The average Bonchev–Trinajstić information content (AvgIpc) is 2.55. The third-order valence-electron chi connectivity index (χ3n) is 3.73. The molecule has 23 heavy (non-hydrogen) atoms. The topological polar surface area (TPSA) is 47.7 Å². The smallest absolute Gasteiger partial charge is 0.145 e.